The smallest absolute Gasteiger partial charge is 0.335 e. The highest BCUT2D eigenvalue weighted by atomic mass is 35.5. The molecule has 0 aliphatic carbocycles. The van der Waals surface area contributed by atoms with Crippen LogP contribution < -0.4 is 10.5 Å². The van der Waals surface area contributed by atoms with E-state index in [9.17, 15) is 4.79 Å². The summed E-state index contributed by atoms with van der Waals surface area (Å²) in [4.78, 5) is 10.9. The van der Waals surface area contributed by atoms with Gasteiger partial charge in [0.25, 0.3) is 0 Å². The molecule has 0 aliphatic heterocycles. The van der Waals surface area contributed by atoms with Crippen molar-refractivity contribution in [3.8, 4) is 11.5 Å². The molecule has 0 bridgehead atoms. The Labute approximate surface area is 115 Å². The summed E-state index contributed by atoms with van der Waals surface area (Å²) in [6.07, 6.45) is 0. The predicted molar refractivity (Wildman–Crippen MR) is 74.1 cm³/mol. The van der Waals surface area contributed by atoms with Crippen LogP contribution in [0.2, 0.25) is 5.02 Å². The lowest BCUT2D eigenvalue weighted by Crippen LogP contribution is -1.99. The summed E-state index contributed by atoms with van der Waals surface area (Å²) in [5.74, 6) is -0.330. The Kier molecular flexibility index (Phi) is 3.62. The highest BCUT2D eigenvalue weighted by Gasteiger charge is 2.10. The zero-order chi connectivity index (χ0) is 14.0. The summed E-state index contributed by atoms with van der Waals surface area (Å²) in [5.41, 5.74) is 7.20. The van der Waals surface area contributed by atoms with Crippen LogP contribution in [0.5, 0.6) is 11.5 Å². The lowest BCUT2D eigenvalue weighted by Gasteiger charge is -2.11. The van der Waals surface area contributed by atoms with Gasteiger partial charge in [-0.05, 0) is 42.8 Å². The van der Waals surface area contributed by atoms with Gasteiger partial charge in [0, 0.05) is 0 Å². The molecule has 0 aliphatic rings. The molecule has 0 aromatic heterocycles. The van der Waals surface area contributed by atoms with Crippen LogP contribution in [0.1, 0.15) is 15.9 Å². The van der Waals surface area contributed by atoms with E-state index >= 15 is 0 Å². The molecule has 0 atom stereocenters. The molecule has 19 heavy (non-hydrogen) atoms. The van der Waals surface area contributed by atoms with Crippen LogP contribution in [0.15, 0.2) is 36.4 Å². The average molecular weight is 278 g/mol. The fraction of sp³-hybridized carbons (Fsp3) is 0.0714. The normalized spacial score (nSPS) is 10.2. The van der Waals surface area contributed by atoms with Crippen molar-refractivity contribution < 1.29 is 14.6 Å². The molecule has 5 heteroatoms. The van der Waals surface area contributed by atoms with Gasteiger partial charge < -0.3 is 15.6 Å². The second kappa shape index (κ2) is 5.20. The van der Waals surface area contributed by atoms with Crippen molar-refractivity contribution in [3.05, 3.63) is 52.5 Å². The minimum atomic E-state index is -1.04. The number of nitrogen functional groups attached to an aromatic ring is 1. The third kappa shape index (κ3) is 2.98. The number of aryl methyl sites for hydroxylation is 1. The first-order valence-corrected chi connectivity index (χ1v) is 5.92. The number of carbonyl (C=O) groups is 1. The second-order valence-electron chi connectivity index (χ2n) is 4.09. The Balaban J connectivity index is 2.40. The van der Waals surface area contributed by atoms with E-state index in [4.69, 9.17) is 27.2 Å². The number of benzene rings is 2. The molecule has 0 spiro atoms. The monoisotopic (exact) mass is 277 g/mol. The van der Waals surface area contributed by atoms with Crippen LogP contribution in [-0.4, -0.2) is 11.1 Å². The molecule has 4 nitrogen and oxygen atoms in total. The van der Waals surface area contributed by atoms with Crippen molar-refractivity contribution in [2.45, 2.75) is 6.92 Å². The molecule has 0 saturated carbocycles. The predicted octanol–water partition coefficient (Wildman–Crippen LogP) is 3.72. The van der Waals surface area contributed by atoms with E-state index in [2.05, 4.69) is 0 Å². The van der Waals surface area contributed by atoms with Gasteiger partial charge in [-0.2, -0.15) is 0 Å². The highest BCUT2D eigenvalue weighted by Crippen LogP contribution is 2.33. The van der Waals surface area contributed by atoms with E-state index in [1.807, 2.05) is 13.0 Å². The van der Waals surface area contributed by atoms with Crippen LogP contribution in [0.4, 0.5) is 5.69 Å². The molecular weight excluding hydrogens is 266 g/mol. The Morgan fingerprint density at radius 3 is 2.63 bits per heavy atom. The summed E-state index contributed by atoms with van der Waals surface area (Å²) in [7, 11) is 0. The molecule has 2 aromatic carbocycles. The maximum absolute atomic E-state index is 10.9. The number of anilines is 1. The van der Waals surface area contributed by atoms with Crippen LogP contribution in [0.25, 0.3) is 0 Å². The van der Waals surface area contributed by atoms with Crippen molar-refractivity contribution in [2.75, 3.05) is 5.73 Å². The first-order valence-electron chi connectivity index (χ1n) is 5.54. The van der Waals surface area contributed by atoms with E-state index in [0.29, 0.717) is 16.5 Å². The summed E-state index contributed by atoms with van der Waals surface area (Å²) < 4.78 is 5.59. The number of hydrogen-bond acceptors (Lipinski definition) is 3. The average Bonchev–Trinajstić information content (AvgIpc) is 2.36. The largest absolute Gasteiger partial charge is 0.478 e. The molecule has 0 radical (unpaired) electrons. The molecule has 98 valence electrons. The third-order valence-corrected chi connectivity index (χ3v) is 2.88. The van der Waals surface area contributed by atoms with Crippen molar-refractivity contribution in [1.29, 1.82) is 0 Å². The van der Waals surface area contributed by atoms with Gasteiger partial charge in [-0.3, -0.25) is 0 Å². The third-order valence-electron chi connectivity index (χ3n) is 2.57. The molecular formula is C14H12ClNO3. The van der Waals surface area contributed by atoms with Crippen molar-refractivity contribution in [1.82, 2.24) is 0 Å². The lowest BCUT2D eigenvalue weighted by molar-refractivity contribution is 0.0696. The topological polar surface area (TPSA) is 72.5 Å². The van der Waals surface area contributed by atoms with Gasteiger partial charge in [0.15, 0.2) is 5.75 Å². The minimum absolute atomic E-state index is 0.105. The Bertz CT molecular complexity index is 641. The maximum atomic E-state index is 10.9. The van der Waals surface area contributed by atoms with Gasteiger partial charge in [-0.15, -0.1) is 0 Å². The molecule has 2 rings (SSSR count). The van der Waals surface area contributed by atoms with Crippen LogP contribution in [0, 0.1) is 6.92 Å². The summed E-state index contributed by atoms with van der Waals surface area (Å²) in [6.45, 7) is 1.90. The highest BCUT2D eigenvalue weighted by molar-refractivity contribution is 6.32. The Morgan fingerprint density at radius 1 is 1.21 bits per heavy atom. The maximum Gasteiger partial charge on any atom is 0.335 e. The fourth-order valence-corrected chi connectivity index (χ4v) is 1.72. The van der Waals surface area contributed by atoms with E-state index in [1.165, 1.54) is 18.2 Å². The summed E-state index contributed by atoms with van der Waals surface area (Å²) in [6, 6.07) is 9.60. The molecule has 2 aromatic rings. The number of halogens is 1. The number of aromatic carboxylic acids is 1. The van der Waals surface area contributed by atoms with Gasteiger partial charge in [-0.25, -0.2) is 4.79 Å². The molecule has 0 heterocycles. The lowest BCUT2D eigenvalue weighted by atomic mass is 10.2. The number of rotatable bonds is 3. The first kappa shape index (κ1) is 13.2. The van der Waals surface area contributed by atoms with Gasteiger partial charge in [0.05, 0.1) is 16.3 Å². The minimum Gasteiger partial charge on any atom is -0.478 e. The van der Waals surface area contributed by atoms with E-state index in [0.717, 1.165) is 5.56 Å². The van der Waals surface area contributed by atoms with Crippen LogP contribution >= 0.6 is 11.6 Å². The van der Waals surface area contributed by atoms with Gasteiger partial charge in [0.2, 0.25) is 0 Å². The fourth-order valence-electron chi connectivity index (χ4n) is 1.56. The summed E-state index contributed by atoms with van der Waals surface area (Å²) >= 11 is 6.02. The van der Waals surface area contributed by atoms with Crippen LogP contribution in [-0.2, 0) is 0 Å². The number of carboxylic acid groups (broad SMARTS) is 1. The van der Waals surface area contributed by atoms with Crippen molar-refractivity contribution in [3.63, 3.8) is 0 Å². The molecule has 0 amide bonds. The first-order chi connectivity index (χ1) is 8.97. The molecule has 3 N–H and O–H groups in total. The van der Waals surface area contributed by atoms with E-state index < -0.39 is 5.97 Å². The van der Waals surface area contributed by atoms with E-state index in [1.54, 1.807) is 12.1 Å². The number of ether oxygens (including phenoxy) is 1. The van der Waals surface area contributed by atoms with Crippen molar-refractivity contribution in [2.24, 2.45) is 0 Å². The standard InChI is InChI=1S/C14H12ClNO3/c1-8-2-4-10(15)12(6-8)19-13-7-9(14(17)18)3-5-11(13)16/h2-7H,16H2,1H3,(H,17,18). The molecule has 0 saturated heterocycles. The second-order valence-corrected chi connectivity index (χ2v) is 4.50. The molecule has 0 unspecified atom stereocenters. The Hall–Kier alpha value is -2.20. The number of nitrogens with two attached hydrogens (primary N) is 1. The van der Waals surface area contributed by atoms with Crippen molar-refractivity contribution >= 4 is 23.3 Å². The van der Waals surface area contributed by atoms with Gasteiger partial charge in [-0.1, -0.05) is 17.7 Å². The zero-order valence-corrected chi connectivity index (χ0v) is 10.9. The van der Waals surface area contributed by atoms with Gasteiger partial charge in [0.1, 0.15) is 5.75 Å². The zero-order valence-electron chi connectivity index (χ0n) is 10.2. The molecule has 0 fully saturated rings. The van der Waals surface area contributed by atoms with Crippen LogP contribution in [0.3, 0.4) is 0 Å². The SMILES string of the molecule is Cc1ccc(Cl)c(Oc2cc(C(=O)O)ccc2N)c1. The summed E-state index contributed by atoms with van der Waals surface area (Å²) in [5, 5.41) is 9.38. The number of hydrogen-bond donors (Lipinski definition) is 2. The van der Waals surface area contributed by atoms with Gasteiger partial charge >= 0.3 is 5.97 Å². The quantitative estimate of drug-likeness (QED) is 0.839. The number of carboxylic acids is 1. The Morgan fingerprint density at radius 2 is 1.95 bits per heavy atom. The van der Waals surface area contributed by atoms with E-state index in [-0.39, 0.29) is 11.3 Å².